The average molecular weight is 283 g/mol. The van der Waals surface area contributed by atoms with Gasteiger partial charge in [-0.15, -0.1) is 0 Å². The summed E-state index contributed by atoms with van der Waals surface area (Å²) in [4.78, 5) is 2.46. The Balaban J connectivity index is 1.74. The van der Waals surface area contributed by atoms with Crippen molar-refractivity contribution in [2.45, 2.75) is 77.6 Å². The summed E-state index contributed by atoms with van der Waals surface area (Å²) in [6.45, 7) is 7.38. The summed E-state index contributed by atoms with van der Waals surface area (Å²) >= 11 is 0. The Labute approximate surface area is 127 Å². The van der Waals surface area contributed by atoms with E-state index in [0.717, 1.165) is 5.92 Å². The number of likely N-dealkylation sites (tertiary alicyclic amines) is 1. The molecule has 0 aromatic rings. The summed E-state index contributed by atoms with van der Waals surface area (Å²) in [6.07, 6.45) is 15.6. The van der Waals surface area contributed by atoms with Gasteiger partial charge in [-0.2, -0.15) is 0 Å². The van der Waals surface area contributed by atoms with Crippen LogP contribution in [0.1, 0.15) is 77.6 Å². The first-order chi connectivity index (χ1) is 9.83. The smallest absolute Gasteiger partial charge is 0.00191 e. The Morgan fingerprint density at radius 2 is 1.45 bits per heavy atom. The molecule has 0 aromatic heterocycles. The van der Waals surface area contributed by atoms with E-state index in [1.807, 2.05) is 0 Å². The molecule has 0 aliphatic carbocycles. The molecule has 0 aromatic carbocycles. The first kappa shape index (κ1) is 18.0. The predicted octanol–water partition coefficient (Wildman–Crippen LogP) is 4.45. The molecule has 2 heteroatoms. The predicted molar refractivity (Wildman–Crippen MR) is 90.3 cm³/mol. The average Bonchev–Trinajstić information content (AvgIpc) is 2.47. The number of rotatable bonds is 12. The molecular formula is C18H38N2. The molecule has 1 rings (SSSR count). The molecule has 0 amide bonds. The minimum atomic E-state index is 0.984. The van der Waals surface area contributed by atoms with Gasteiger partial charge < -0.3 is 10.2 Å². The van der Waals surface area contributed by atoms with Crippen LogP contribution in [-0.2, 0) is 0 Å². The van der Waals surface area contributed by atoms with Crippen LogP contribution in [0.5, 0.6) is 0 Å². The first-order valence-corrected chi connectivity index (χ1v) is 9.22. The second-order valence-electron chi connectivity index (χ2n) is 6.76. The first-order valence-electron chi connectivity index (χ1n) is 9.22. The quantitative estimate of drug-likeness (QED) is 0.532. The van der Waals surface area contributed by atoms with Crippen molar-refractivity contribution in [2.24, 2.45) is 5.92 Å². The molecule has 0 radical (unpaired) electrons. The van der Waals surface area contributed by atoms with E-state index in [-0.39, 0.29) is 0 Å². The maximum Gasteiger partial charge on any atom is -0.00191 e. The Kier molecular flexibility index (Phi) is 11.4. The van der Waals surface area contributed by atoms with Gasteiger partial charge in [0.25, 0.3) is 0 Å². The van der Waals surface area contributed by atoms with Gasteiger partial charge in [-0.05, 0) is 64.8 Å². The van der Waals surface area contributed by atoms with Gasteiger partial charge in [0.05, 0.1) is 0 Å². The van der Waals surface area contributed by atoms with Gasteiger partial charge >= 0.3 is 0 Å². The fraction of sp³-hybridized carbons (Fsp3) is 1.00. The van der Waals surface area contributed by atoms with Crippen molar-refractivity contribution in [1.82, 2.24) is 10.2 Å². The zero-order valence-corrected chi connectivity index (χ0v) is 14.1. The van der Waals surface area contributed by atoms with Gasteiger partial charge in [-0.1, -0.05) is 51.9 Å². The molecule has 1 heterocycles. The highest BCUT2D eigenvalue weighted by Crippen LogP contribution is 2.18. The van der Waals surface area contributed by atoms with Gasteiger partial charge in [-0.25, -0.2) is 0 Å². The van der Waals surface area contributed by atoms with Crippen LogP contribution in [0.25, 0.3) is 0 Å². The minimum Gasteiger partial charge on any atom is -0.317 e. The lowest BCUT2D eigenvalue weighted by atomic mass is 9.94. The van der Waals surface area contributed by atoms with Crippen LogP contribution in [-0.4, -0.2) is 38.1 Å². The number of hydrogen-bond donors (Lipinski definition) is 1. The van der Waals surface area contributed by atoms with Gasteiger partial charge in [0, 0.05) is 0 Å². The molecular weight excluding hydrogens is 244 g/mol. The van der Waals surface area contributed by atoms with Crippen LogP contribution in [0.4, 0.5) is 0 Å². The molecule has 1 N–H and O–H groups in total. The lowest BCUT2D eigenvalue weighted by molar-refractivity contribution is 0.211. The van der Waals surface area contributed by atoms with Crippen LogP contribution in [0.3, 0.4) is 0 Å². The SMILES string of the molecule is CCCCCCCCCCNCCC1CCN(C)CC1. The van der Waals surface area contributed by atoms with Crippen LogP contribution in [0.15, 0.2) is 0 Å². The summed E-state index contributed by atoms with van der Waals surface area (Å²) in [7, 11) is 2.25. The van der Waals surface area contributed by atoms with Crippen molar-refractivity contribution in [1.29, 1.82) is 0 Å². The van der Waals surface area contributed by atoms with E-state index in [4.69, 9.17) is 0 Å². The van der Waals surface area contributed by atoms with E-state index in [1.165, 1.54) is 96.8 Å². The van der Waals surface area contributed by atoms with Crippen molar-refractivity contribution in [3.05, 3.63) is 0 Å². The van der Waals surface area contributed by atoms with E-state index in [9.17, 15) is 0 Å². The second kappa shape index (κ2) is 12.6. The fourth-order valence-corrected chi connectivity index (χ4v) is 3.17. The molecule has 0 spiro atoms. The molecule has 0 bridgehead atoms. The van der Waals surface area contributed by atoms with Gasteiger partial charge in [-0.3, -0.25) is 0 Å². The topological polar surface area (TPSA) is 15.3 Å². The molecule has 0 unspecified atom stereocenters. The van der Waals surface area contributed by atoms with Crippen molar-refractivity contribution < 1.29 is 0 Å². The lowest BCUT2D eigenvalue weighted by Gasteiger charge is -2.28. The molecule has 2 nitrogen and oxygen atoms in total. The Morgan fingerprint density at radius 3 is 2.10 bits per heavy atom. The van der Waals surface area contributed by atoms with Gasteiger partial charge in [0.15, 0.2) is 0 Å². The highest BCUT2D eigenvalue weighted by Gasteiger charge is 2.15. The highest BCUT2D eigenvalue weighted by molar-refractivity contribution is 4.70. The summed E-state index contributed by atoms with van der Waals surface area (Å²) in [6, 6.07) is 0. The second-order valence-corrected chi connectivity index (χ2v) is 6.76. The summed E-state index contributed by atoms with van der Waals surface area (Å²) in [5.41, 5.74) is 0. The molecule has 1 saturated heterocycles. The van der Waals surface area contributed by atoms with Crippen LogP contribution < -0.4 is 5.32 Å². The summed E-state index contributed by atoms with van der Waals surface area (Å²) in [5, 5.41) is 3.64. The Morgan fingerprint density at radius 1 is 0.850 bits per heavy atom. The van der Waals surface area contributed by atoms with Gasteiger partial charge in [0.2, 0.25) is 0 Å². The fourth-order valence-electron chi connectivity index (χ4n) is 3.17. The zero-order valence-electron chi connectivity index (χ0n) is 14.1. The van der Waals surface area contributed by atoms with E-state index in [2.05, 4.69) is 24.2 Å². The third-order valence-electron chi connectivity index (χ3n) is 4.77. The molecule has 1 aliphatic heterocycles. The van der Waals surface area contributed by atoms with Crippen molar-refractivity contribution in [3.63, 3.8) is 0 Å². The van der Waals surface area contributed by atoms with E-state index < -0.39 is 0 Å². The maximum atomic E-state index is 3.64. The number of nitrogens with zero attached hydrogens (tertiary/aromatic N) is 1. The summed E-state index contributed by atoms with van der Waals surface area (Å²) < 4.78 is 0. The van der Waals surface area contributed by atoms with Crippen LogP contribution >= 0.6 is 0 Å². The largest absolute Gasteiger partial charge is 0.317 e. The normalized spacial score (nSPS) is 17.7. The van der Waals surface area contributed by atoms with Crippen LogP contribution in [0, 0.1) is 5.92 Å². The molecule has 120 valence electrons. The molecule has 0 atom stereocenters. The number of piperidine rings is 1. The standard InChI is InChI=1S/C18H38N2/c1-3-4-5-6-7-8-9-10-14-19-15-11-18-12-16-20(2)17-13-18/h18-19H,3-17H2,1-2H3. The zero-order chi connectivity index (χ0) is 14.5. The highest BCUT2D eigenvalue weighted by atomic mass is 15.1. The Bertz CT molecular complexity index is 198. The third kappa shape index (κ3) is 9.77. The van der Waals surface area contributed by atoms with Crippen molar-refractivity contribution in [3.8, 4) is 0 Å². The number of unbranched alkanes of at least 4 members (excludes halogenated alkanes) is 7. The summed E-state index contributed by atoms with van der Waals surface area (Å²) in [5.74, 6) is 0.984. The monoisotopic (exact) mass is 282 g/mol. The van der Waals surface area contributed by atoms with E-state index >= 15 is 0 Å². The van der Waals surface area contributed by atoms with E-state index in [0.29, 0.717) is 0 Å². The number of hydrogen-bond acceptors (Lipinski definition) is 2. The van der Waals surface area contributed by atoms with Gasteiger partial charge in [0.1, 0.15) is 0 Å². The Hall–Kier alpha value is -0.0800. The molecule has 1 aliphatic rings. The number of nitrogens with one attached hydrogen (secondary N) is 1. The molecule has 1 fully saturated rings. The van der Waals surface area contributed by atoms with Crippen molar-refractivity contribution >= 4 is 0 Å². The maximum absolute atomic E-state index is 3.64. The van der Waals surface area contributed by atoms with Crippen molar-refractivity contribution in [2.75, 3.05) is 33.2 Å². The molecule has 20 heavy (non-hydrogen) atoms. The van der Waals surface area contributed by atoms with Crippen LogP contribution in [0.2, 0.25) is 0 Å². The van der Waals surface area contributed by atoms with E-state index in [1.54, 1.807) is 0 Å². The molecule has 0 saturated carbocycles. The lowest BCUT2D eigenvalue weighted by Crippen LogP contribution is -2.31. The minimum absolute atomic E-state index is 0.984. The third-order valence-corrected chi connectivity index (χ3v) is 4.77.